The van der Waals surface area contributed by atoms with Gasteiger partial charge in [0.25, 0.3) is 0 Å². The van der Waals surface area contributed by atoms with E-state index in [2.05, 4.69) is 4.98 Å². The van der Waals surface area contributed by atoms with Crippen LogP contribution < -0.4 is 10.5 Å². The van der Waals surface area contributed by atoms with E-state index in [-0.39, 0.29) is 12.3 Å². The van der Waals surface area contributed by atoms with E-state index in [9.17, 15) is 17.6 Å². The van der Waals surface area contributed by atoms with Crippen LogP contribution in [0.25, 0.3) is 0 Å². The Hall–Kier alpha value is -1.37. The van der Waals surface area contributed by atoms with Gasteiger partial charge in [0.05, 0.1) is 0 Å². The minimum absolute atomic E-state index is 0.0364. The first-order valence-corrected chi connectivity index (χ1v) is 5.24. The normalized spacial score (nSPS) is 12.0. The SMILES string of the molecule is Cc1cc(OCC(F)(F)C(F)F)c(CN)c(C)n1. The molecular formula is C11H14F4N2O. The molecule has 0 aromatic carbocycles. The van der Waals surface area contributed by atoms with E-state index in [1.165, 1.54) is 6.07 Å². The van der Waals surface area contributed by atoms with Crippen molar-refractivity contribution in [3.05, 3.63) is 23.0 Å². The zero-order valence-electron chi connectivity index (χ0n) is 10.0. The maximum Gasteiger partial charge on any atom is 0.340 e. The molecule has 0 aliphatic heterocycles. The van der Waals surface area contributed by atoms with Crippen molar-refractivity contribution in [2.75, 3.05) is 6.61 Å². The summed E-state index contributed by atoms with van der Waals surface area (Å²) in [5.41, 5.74) is 6.96. The third-order valence-corrected chi connectivity index (χ3v) is 2.36. The van der Waals surface area contributed by atoms with Crippen LogP contribution in [-0.4, -0.2) is 23.9 Å². The molecule has 3 nitrogen and oxygen atoms in total. The number of nitrogens with zero attached hydrogens (tertiary/aromatic N) is 1. The number of pyridine rings is 1. The van der Waals surface area contributed by atoms with Crippen molar-refractivity contribution in [1.82, 2.24) is 4.98 Å². The largest absolute Gasteiger partial charge is 0.487 e. The molecule has 0 radical (unpaired) electrons. The van der Waals surface area contributed by atoms with Gasteiger partial charge in [-0.05, 0) is 13.8 Å². The number of hydrogen-bond acceptors (Lipinski definition) is 3. The highest BCUT2D eigenvalue weighted by molar-refractivity contribution is 5.37. The van der Waals surface area contributed by atoms with E-state index in [0.29, 0.717) is 17.0 Å². The van der Waals surface area contributed by atoms with E-state index >= 15 is 0 Å². The van der Waals surface area contributed by atoms with Crippen LogP contribution in [0.4, 0.5) is 17.6 Å². The summed E-state index contributed by atoms with van der Waals surface area (Å²) >= 11 is 0. The van der Waals surface area contributed by atoms with Crippen molar-refractivity contribution < 1.29 is 22.3 Å². The first kappa shape index (κ1) is 14.7. The Balaban J connectivity index is 2.91. The first-order chi connectivity index (χ1) is 8.27. The monoisotopic (exact) mass is 266 g/mol. The predicted octanol–water partition coefficient (Wildman–Crippen LogP) is 2.44. The van der Waals surface area contributed by atoms with Crippen LogP contribution in [0.2, 0.25) is 0 Å². The van der Waals surface area contributed by atoms with Crippen molar-refractivity contribution in [2.45, 2.75) is 32.7 Å². The van der Waals surface area contributed by atoms with E-state index in [1.807, 2.05) is 0 Å². The molecule has 102 valence electrons. The van der Waals surface area contributed by atoms with E-state index in [1.54, 1.807) is 13.8 Å². The predicted molar refractivity (Wildman–Crippen MR) is 58.0 cm³/mol. The highest BCUT2D eigenvalue weighted by atomic mass is 19.3. The summed E-state index contributed by atoms with van der Waals surface area (Å²) in [6.07, 6.45) is -3.76. The van der Waals surface area contributed by atoms with E-state index in [0.717, 1.165) is 0 Å². The molecule has 0 saturated heterocycles. The summed E-state index contributed by atoms with van der Waals surface area (Å²) in [5.74, 6) is -4.11. The number of alkyl halides is 4. The number of rotatable bonds is 5. The highest BCUT2D eigenvalue weighted by Crippen LogP contribution is 2.27. The van der Waals surface area contributed by atoms with Gasteiger partial charge in [0, 0.05) is 29.6 Å². The summed E-state index contributed by atoms with van der Waals surface area (Å²) in [7, 11) is 0. The molecule has 0 spiro atoms. The Bertz CT molecular complexity index is 424. The standard InChI is InChI=1S/C11H14F4N2O/c1-6-3-9(8(4-16)7(2)17-6)18-5-11(14,15)10(12)13/h3,10H,4-5,16H2,1-2H3. The van der Waals surface area contributed by atoms with Gasteiger partial charge in [0.2, 0.25) is 0 Å². The fraction of sp³-hybridized carbons (Fsp3) is 0.545. The molecular weight excluding hydrogens is 252 g/mol. The van der Waals surface area contributed by atoms with Gasteiger partial charge in [-0.2, -0.15) is 8.78 Å². The number of aromatic nitrogens is 1. The summed E-state index contributed by atoms with van der Waals surface area (Å²) < 4.78 is 54.2. The molecule has 1 rings (SSSR count). The van der Waals surface area contributed by atoms with Gasteiger partial charge < -0.3 is 10.5 Å². The smallest absolute Gasteiger partial charge is 0.340 e. The molecule has 0 fully saturated rings. The molecule has 0 aliphatic carbocycles. The lowest BCUT2D eigenvalue weighted by atomic mass is 10.1. The molecule has 0 amide bonds. The van der Waals surface area contributed by atoms with Crippen LogP contribution in [0.3, 0.4) is 0 Å². The second kappa shape index (κ2) is 5.51. The van der Waals surface area contributed by atoms with Gasteiger partial charge in [-0.1, -0.05) is 0 Å². The van der Waals surface area contributed by atoms with Crippen molar-refractivity contribution in [3.8, 4) is 5.75 Å². The van der Waals surface area contributed by atoms with Gasteiger partial charge in [-0.3, -0.25) is 4.98 Å². The van der Waals surface area contributed by atoms with Gasteiger partial charge in [-0.15, -0.1) is 0 Å². The molecule has 0 atom stereocenters. The van der Waals surface area contributed by atoms with Crippen molar-refractivity contribution in [3.63, 3.8) is 0 Å². The summed E-state index contributed by atoms with van der Waals surface area (Å²) in [5, 5.41) is 0. The van der Waals surface area contributed by atoms with Crippen molar-refractivity contribution >= 4 is 0 Å². The molecule has 1 heterocycles. The molecule has 18 heavy (non-hydrogen) atoms. The summed E-state index contributed by atoms with van der Waals surface area (Å²) in [6.45, 7) is 1.94. The number of ether oxygens (including phenoxy) is 1. The fourth-order valence-corrected chi connectivity index (χ4v) is 1.43. The maximum absolute atomic E-state index is 12.7. The Kier molecular flexibility index (Phi) is 4.50. The third-order valence-electron chi connectivity index (χ3n) is 2.36. The van der Waals surface area contributed by atoms with Crippen LogP contribution in [-0.2, 0) is 6.54 Å². The molecule has 7 heteroatoms. The first-order valence-electron chi connectivity index (χ1n) is 5.24. The Morgan fingerprint density at radius 3 is 2.50 bits per heavy atom. The Morgan fingerprint density at radius 1 is 1.39 bits per heavy atom. The van der Waals surface area contributed by atoms with Gasteiger partial charge in [0.1, 0.15) is 5.75 Å². The van der Waals surface area contributed by atoms with Crippen LogP contribution in [0, 0.1) is 13.8 Å². The Morgan fingerprint density at radius 2 is 2.00 bits per heavy atom. The van der Waals surface area contributed by atoms with Crippen LogP contribution >= 0.6 is 0 Å². The topological polar surface area (TPSA) is 48.1 Å². The van der Waals surface area contributed by atoms with Crippen molar-refractivity contribution in [1.29, 1.82) is 0 Å². The number of halogens is 4. The Labute approximate surface area is 102 Å². The lowest BCUT2D eigenvalue weighted by molar-refractivity contribution is -0.148. The fourth-order valence-electron chi connectivity index (χ4n) is 1.43. The second-order valence-corrected chi connectivity index (χ2v) is 3.88. The van der Waals surface area contributed by atoms with Gasteiger partial charge >= 0.3 is 12.3 Å². The minimum atomic E-state index is -4.18. The highest BCUT2D eigenvalue weighted by Gasteiger charge is 2.41. The van der Waals surface area contributed by atoms with E-state index < -0.39 is 19.0 Å². The zero-order chi connectivity index (χ0) is 13.9. The molecule has 1 aromatic heterocycles. The van der Waals surface area contributed by atoms with Gasteiger partial charge in [0.15, 0.2) is 6.61 Å². The van der Waals surface area contributed by atoms with Crippen LogP contribution in [0.15, 0.2) is 6.07 Å². The molecule has 0 aliphatic rings. The summed E-state index contributed by atoms with van der Waals surface area (Å²) in [4.78, 5) is 4.09. The van der Waals surface area contributed by atoms with E-state index in [4.69, 9.17) is 10.5 Å². The maximum atomic E-state index is 12.7. The second-order valence-electron chi connectivity index (χ2n) is 3.88. The average molecular weight is 266 g/mol. The molecule has 1 aromatic rings. The zero-order valence-corrected chi connectivity index (χ0v) is 10.0. The van der Waals surface area contributed by atoms with Crippen molar-refractivity contribution in [2.24, 2.45) is 5.73 Å². The minimum Gasteiger partial charge on any atom is -0.487 e. The van der Waals surface area contributed by atoms with Gasteiger partial charge in [-0.25, -0.2) is 8.78 Å². The lowest BCUT2D eigenvalue weighted by Gasteiger charge is -2.18. The molecule has 0 saturated carbocycles. The number of nitrogens with two attached hydrogens (primary N) is 1. The van der Waals surface area contributed by atoms with Crippen LogP contribution in [0.5, 0.6) is 5.75 Å². The number of aryl methyl sites for hydroxylation is 2. The molecule has 0 unspecified atom stereocenters. The third kappa shape index (κ3) is 3.32. The quantitative estimate of drug-likeness (QED) is 0.833. The molecule has 2 N–H and O–H groups in total. The number of hydrogen-bond donors (Lipinski definition) is 1. The average Bonchev–Trinajstić information content (AvgIpc) is 2.25. The lowest BCUT2D eigenvalue weighted by Crippen LogP contribution is -2.34. The molecule has 0 bridgehead atoms. The summed E-state index contributed by atoms with van der Waals surface area (Å²) in [6, 6.07) is 1.40. The van der Waals surface area contributed by atoms with Crippen LogP contribution in [0.1, 0.15) is 17.0 Å².